The highest BCUT2D eigenvalue weighted by Crippen LogP contribution is 2.26. The summed E-state index contributed by atoms with van der Waals surface area (Å²) in [5.74, 6) is 0.673. The molecule has 1 aromatic heterocycles. The molecule has 2 aromatic rings. The van der Waals surface area contributed by atoms with E-state index >= 15 is 0 Å². The smallest absolute Gasteiger partial charge is 0.126 e. The van der Waals surface area contributed by atoms with Crippen LogP contribution in [0.15, 0.2) is 30.5 Å². The van der Waals surface area contributed by atoms with Gasteiger partial charge in [0, 0.05) is 17.6 Å². The van der Waals surface area contributed by atoms with Crippen LogP contribution in [-0.4, -0.2) is 22.3 Å². The number of nitrogens with zero attached hydrogens (tertiary/aromatic N) is 1. The van der Waals surface area contributed by atoms with Gasteiger partial charge in [0.25, 0.3) is 0 Å². The first-order valence-corrected chi connectivity index (χ1v) is 5.74. The summed E-state index contributed by atoms with van der Waals surface area (Å²) < 4.78 is 5.67. The summed E-state index contributed by atoms with van der Waals surface area (Å²) in [5, 5.41) is 10.7. The topological polar surface area (TPSA) is 42.4 Å². The second kappa shape index (κ2) is 4.51. The number of aromatic nitrogens is 1. The molecule has 0 amide bonds. The molecule has 1 N–H and O–H groups in total. The number of benzene rings is 1. The van der Waals surface area contributed by atoms with Crippen molar-refractivity contribution in [3.8, 4) is 5.75 Å². The molecule has 1 aromatic carbocycles. The fourth-order valence-corrected chi connectivity index (χ4v) is 1.72. The lowest BCUT2D eigenvalue weighted by molar-refractivity contribution is 0.0414. The van der Waals surface area contributed by atoms with Crippen LogP contribution in [0.3, 0.4) is 0 Å². The van der Waals surface area contributed by atoms with Gasteiger partial charge in [0.15, 0.2) is 0 Å². The molecule has 2 rings (SSSR count). The van der Waals surface area contributed by atoms with Crippen LogP contribution < -0.4 is 4.74 Å². The summed E-state index contributed by atoms with van der Waals surface area (Å²) in [6.07, 6.45) is 1.66. The van der Waals surface area contributed by atoms with Crippen LogP contribution in [0.2, 0.25) is 5.02 Å². The molecule has 4 heteroatoms. The zero-order valence-electron chi connectivity index (χ0n) is 9.77. The fourth-order valence-electron chi connectivity index (χ4n) is 1.51. The highest BCUT2D eigenvalue weighted by molar-refractivity contribution is 6.35. The minimum Gasteiger partial charge on any atom is -0.485 e. The molecule has 0 bridgehead atoms. The van der Waals surface area contributed by atoms with E-state index in [1.807, 2.05) is 32.0 Å². The molecule has 0 saturated heterocycles. The van der Waals surface area contributed by atoms with Crippen molar-refractivity contribution in [3.05, 3.63) is 35.5 Å². The van der Waals surface area contributed by atoms with Crippen molar-refractivity contribution in [2.75, 3.05) is 6.61 Å². The third-order valence-electron chi connectivity index (χ3n) is 2.44. The maximum Gasteiger partial charge on any atom is 0.126 e. The quantitative estimate of drug-likeness (QED) is 0.912. The number of hydrogen-bond donors (Lipinski definition) is 1. The third kappa shape index (κ3) is 2.68. The summed E-state index contributed by atoms with van der Waals surface area (Å²) in [5.41, 5.74) is 0.176. The molecular weight excluding hydrogens is 238 g/mol. The largest absolute Gasteiger partial charge is 0.485 e. The molecule has 0 atom stereocenters. The van der Waals surface area contributed by atoms with E-state index in [9.17, 15) is 0 Å². The summed E-state index contributed by atoms with van der Waals surface area (Å²) in [7, 11) is 0. The highest BCUT2D eigenvalue weighted by atomic mass is 35.5. The number of aliphatic hydroxyl groups is 1. The lowest BCUT2D eigenvalue weighted by Crippen LogP contribution is -2.32. The summed E-state index contributed by atoms with van der Waals surface area (Å²) in [4.78, 5) is 4.23. The van der Waals surface area contributed by atoms with Crippen LogP contribution in [-0.2, 0) is 0 Å². The molecular formula is C13H14ClNO2. The predicted molar refractivity (Wildman–Crippen MR) is 68.5 cm³/mol. The van der Waals surface area contributed by atoms with Gasteiger partial charge in [-0.15, -0.1) is 0 Å². The summed E-state index contributed by atoms with van der Waals surface area (Å²) in [6, 6.07) is 7.27. The van der Waals surface area contributed by atoms with Gasteiger partial charge in [0.2, 0.25) is 0 Å². The van der Waals surface area contributed by atoms with Gasteiger partial charge >= 0.3 is 0 Å². The van der Waals surface area contributed by atoms with Crippen LogP contribution in [0.25, 0.3) is 10.9 Å². The number of pyridine rings is 1. The van der Waals surface area contributed by atoms with Gasteiger partial charge in [-0.25, -0.2) is 0 Å². The Morgan fingerprint density at radius 3 is 2.82 bits per heavy atom. The number of hydrogen-bond acceptors (Lipinski definition) is 3. The maximum absolute atomic E-state index is 9.15. The average Bonchev–Trinajstić information content (AvgIpc) is 2.29. The SMILES string of the molecule is CC(C)(CO)Oc1ccc2c(Cl)ccnc2c1. The standard InChI is InChI=1S/C13H14ClNO2/c1-13(2,8-16)17-9-3-4-10-11(14)5-6-15-12(10)7-9/h3-7,16H,8H2,1-2H3. The van der Waals surface area contributed by atoms with E-state index in [2.05, 4.69) is 4.98 Å². The molecule has 0 spiro atoms. The molecule has 0 saturated carbocycles. The normalized spacial score (nSPS) is 11.8. The number of rotatable bonds is 3. The zero-order valence-corrected chi connectivity index (χ0v) is 10.5. The van der Waals surface area contributed by atoms with Gasteiger partial charge in [-0.05, 0) is 32.0 Å². The fraction of sp³-hybridized carbons (Fsp3) is 0.308. The van der Waals surface area contributed by atoms with Crippen molar-refractivity contribution in [2.45, 2.75) is 19.4 Å². The van der Waals surface area contributed by atoms with Crippen molar-refractivity contribution < 1.29 is 9.84 Å². The van der Waals surface area contributed by atoms with Gasteiger partial charge < -0.3 is 9.84 Å². The molecule has 0 fully saturated rings. The van der Waals surface area contributed by atoms with E-state index in [1.54, 1.807) is 12.3 Å². The molecule has 0 aliphatic carbocycles. The van der Waals surface area contributed by atoms with Crippen LogP contribution in [0, 0.1) is 0 Å². The van der Waals surface area contributed by atoms with E-state index in [-0.39, 0.29) is 6.61 Å². The van der Waals surface area contributed by atoms with Crippen LogP contribution in [0.5, 0.6) is 5.75 Å². The second-order valence-electron chi connectivity index (χ2n) is 4.49. The maximum atomic E-state index is 9.15. The zero-order chi connectivity index (χ0) is 12.5. The van der Waals surface area contributed by atoms with Crippen molar-refractivity contribution in [1.29, 1.82) is 0 Å². The molecule has 1 heterocycles. The first-order valence-electron chi connectivity index (χ1n) is 5.36. The van der Waals surface area contributed by atoms with Gasteiger partial charge in [-0.3, -0.25) is 4.98 Å². The van der Waals surface area contributed by atoms with Gasteiger partial charge in [-0.2, -0.15) is 0 Å². The molecule has 90 valence electrons. The predicted octanol–water partition coefficient (Wildman–Crippen LogP) is 3.04. The summed E-state index contributed by atoms with van der Waals surface area (Å²) >= 11 is 6.05. The van der Waals surface area contributed by atoms with E-state index in [0.29, 0.717) is 10.8 Å². The van der Waals surface area contributed by atoms with E-state index in [0.717, 1.165) is 10.9 Å². The monoisotopic (exact) mass is 251 g/mol. The minimum atomic E-state index is -0.605. The Hall–Kier alpha value is -1.32. The Bertz CT molecular complexity index is 540. The van der Waals surface area contributed by atoms with Crippen molar-refractivity contribution in [1.82, 2.24) is 4.98 Å². The van der Waals surface area contributed by atoms with E-state index in [4.69, 9.17) is 21.4 Å². The van der Waals surface area contributed by atoms with Gasteiger partial charge in [0.05, 0.1) is 17.1 Å². The first-order chi connectivity index (χ1) is 8.02. The number of fused-ring (bicyclic) bond motifs is 1. The highest BCUT2D eigenvalue weighted by Gasteiger charge is 2.18. The third-order valence-corrected chi connectivity index (χ3v) is 2.77. The van der Waals surface area contributed by atoms with E-state index < -0.39 is 5.60 Å². The number of aliphatic hydroxyl groups excluding tert-OH is 1. The minimum absolute atomic E-state index is 0.0476. The Morgan fingerprint density at radius 1 is 1.35 bits per heavy atom. The van der Waals surface area contributed by atoms with Gasteiger partial charge in [-0.1, -0.05) is 11.6 Å². The van der Waals surface area contributed by atoms with Crippen molar-refractivity contribution >= 4 is 22.5 Å². The molecule has 0 radical (unpaired) electrons. The second-order valence-corrected chi connectivity index (χ2v) is 4.90. The molecule has 0 unspecified atom stereocenters. The Morgan fingerprint density at radius 2 is 2.12 bits per heavy atom. The number of halogens is 1. The Labute approximate surface area is 105 Å². The average molecular weight is 252 g/mol. The number of ether oxygens (including phenoxy) is 1. The molecule has 3 nitrogen and oxygen atoms in total. The Kier molecular flexibility index (Phi) is 3.22. The van der Waals surface area contributed by atoms with Crippen LogP contribution >= 0.6 is 11.6 Å². The molecule has 0 aliphatic rings. The molecule has 0 aliphatic heterocycles. The van der Waals surface area contributed by atoms with Crippen molar-refractivity contribution in [2.24, 2.45) is 0 Å². The van der Waals surface area contributed by atoms with E-state index in [1.165, 1.54) is 0 Å². The van der Waals surface area contributed by atoms with Crippen molar-refractivity contribution in [3.63, 3.8) is 0 Å². The lowest BCUT2D eigenvalue weighted by atomic mass is 10.1. The van der Waals surface area contributed by atoms with Gasteiger partial charge in [0.1, 0.15) is 11.4 Å². The first kappa shape index (κ1) is 12.1. The Balaban J connectivity index is 2.39. The van der Waals surface area contributed by atoms with Crippen LogP contribution in [0.1, 0.15) is 13.8 Å². The summed E-state index contributed by atoms with van der Waals surface area (Å²) in [6.45, 7) is 3.60. The van der Waals surface area contributed by atoms with Crippen LogP contribution in [0.4, 0.5) is 0 Å². The lowest BCUT2D eigenvalue weighted by Gasteiger charge is -2.23. The molecule has 17 heavy (non-hydrogen) atoms.